The van der Waals surface area contributed by atoms with E-state index in [1.165, 1.54) is 7.11 Å². The first-order chi connectivity index (χ1) is 6.74. The number of hydrogen-bond donors (Lipinski definition) is 1. The molecule has 4 nitrogen and oxygen atoms in total. The van der Waals surface area contributed by atoms with Gasteiger partial charge in [0.25, 0.3) is 0 Å². The summed E-state index contributed by atoms with van der Waals surface area (Å²) in [5.74, 6) is -1.37. The summed E-state index contributed by atoms with van der Waals surface area (Å²) in [5, 5.41) is 8.86. The summed E-state index contributed by atoms with van der Waals surface area (Å²) >= 11 is 0. The van der Waals surface area contributed by atoms with Crippen LogP contribution in [0.1, 0.15) is 5.69 Å². The zero-order chi connectivity index (χ0) is 10.4. The van der Waals surface area contributed by atoms with Crippen LogP contribution in [0.5, 0.6) is 0 Å². The topological polar surface area (TPSA) is 59.4 Å². The van der Waals surface area contributed by atoms with Crippen LogP contribution < -0.4 is 0 Å². The number of aliphatic carboxylic acids is 1. The molecule has 0 fully saturated rings. The molecule has 1 heterocycles. The van der Waals surface area contributed by atoms with Crippen LogP contribution in [0.3, 0.4) is 0 Å². The van der Waals surface area contributed by atoms with Crippen molar-refractivity contribution in [2.24, 2.45) is 5.92 Å². The highest BCUT2D eigenvalue weighted by atomic mass is 16.5. The Morgan fingerprint density at radius 3 is 2.93 bits per heavy atom. The molecule has 0 radical (unpaired) electrons. The van der Waals surface area contributed by atoms with Crippen LogP contribution in [0.25, 0.3) is 0 Å². The monoisotopic (exact) mass is 195 g/mol. The summed E-state index contributed by atoms with van der Waals surface area (Å²) in [6.45, 7) is 0.214. The highest BCUT2D eigenvalue weighted by Crippen LogP contribution is 2.06. The molecule has 1 atom stereocenters. The first-order valence-electron chi connectivity index (χ1n) is 4.35. The van der Waals surface area contributed by atoms with Crippen molar-refractivity contribution in [2.75, 3.05) is 13.7 Å². The smallest absolute Gasteiger partial charge is 0.309 e. The average molecular weight is 195 g/mol. The molecule has 76 valence electrons. The fourth-order valence-electron chi connectivity index (χ4n) is 1.19. The maximum Gasteiger partial charge on any atom is 0.309 e. The Hall–Kier alpha value is -1.42. The second-order valence-electron chi connectivity index (χ2n) is 3.02. The van der Waals surface area contributed by atoms with Crippen molar-refractivity contribution < 1.29 is 14.6 Å². The molecule has 0 saturated heterocycles. The third-order valence-electron chi connectivity index (χ3n) is 1.90. The average Bonchev–Trinajstić information content (AvgIpc) is 2.18. The van der Waals surface area contributed by atoms with Crippen molar-refractivity contribution in [3.63, 3.8) is 0 Å². The van der Waals surface area contributed by atoms with Crippen LogP contribution in [0.2, 0.25) is 0 Å². The van der Waals surface area contributed by atoms with E-state index in [1.54, 1.807) is 12.3 Å². The van der Waals surface area contributed by atoms with E-state index in [0.29, 0.717) is 6.42 Å². The lowest BCUT2D eigenvalue weighted by Gasteiger charge is -2.09. The third-order valence-corrected chi connectivity index (χ3v) is 1.90. The van der Waals surface area contributed by atoms with Gasteiger partial charge in [-0.1, -0.05) is 6.07 Å². The van der Waals surface area contributed by atoms with E-state index in [-0.39, 0.29) is 6.61 Å². The molecule has 14 heavy (non-hydrogen) atoms. The highest BCUT2D eigenvalue weighted by Gasteiger charge is 2.17. The van der Waals surface area contributed by atoms with Gasteiger partial charge in [-0.15, -0.1) is 0 Å². The molecular weight excluding hydrogens is 182 g/mol. The zero-order valence-corrected chi connectivity index (χ0v) is 8.01. The zero-order valence-electron chi connectivity index (χ0n) is 8.01. The van der Waals surface area contributed by atoms with Crippen molar-refractivity contribution in [1.82, 2.24) is 4.98 Å². The molecule has 0 aromatic carbocycles. The van der Waals surface area contributed by atoms with Gasteiger partial charge < -0.3 is 9.84 Å². The van der Waals surface area contributed by atoms with Crippen molar-refractivity contribution in [1.29, 1.82) is 0 Å². The molecule has 4 heteroatoms. The van der Waals surface area contributed by atoms with E-state index in [2.05, 4.69) is 4.98 Å². The maximum absolute atomic E-state index is 10.8. The Morgan fingerprint density at radius 1 is 1.64 bits per heavy atom. The first kappa shape index (κ1) is 10.7. The van der Waals surface area contributed by atoms with Gasteiger partial charge in [-0.2, -0.15) is 0 Å². The molecular formula is C10H13NO3. The third kappa shape index (κ3) is 3.14. The van der Waals surface area contributed by atoms with E-state index >= 15 is 0 Å². The maximum atomic E-state index is 10.8. The van der Waals surface area contributed by atoms with E-state index in [9.17, 15) is 4.79 Å². The molecule has 1 N–H and O–H groups in total. The molecule has 0 saturated carbocycles. The summed E-state index contributed by atoms with van der Waals surface area (Å²) in [5.41, 5.74) is 0.775. The van der Waals surface area contributed by atoms with Gasteiger partial charge in [0.1, 0.15) is 0 Å². The number of nitrogens with zero attached hydrogens (tertiary/aromatic N) is 1. The summed E-state index contributed by atoms with van der Waals surface area (Å²) in [6.07, 6.45) is 2.06. The van der Waals surface area contributed by atoms with Gasteiger partial charge in [-0.3, -0.25) is 9.78 Å². The lowest BCUT2D eigenvalue weighted by atomic mass is 10.0. The van der Waals surface area contributed by atoms with Crippen molar-refractivity contribution in [2.45, 2.75) is 6.42 Å². The van der Waals surface area contributed by atoms with Gasteiger partial charge >= 0.3 is 5.97 Å². The number of rotatable bonds is 5. The van der Waals surface area contributed by atoms with Crippen LogP contribution in [0.4, 0.5) is 0 Å². The van der Waals surface area contributed by atoms with Gasteiger partial charge in [-0.05, 0) is 12.1 Å². The standard InChI is InChI=1S/C10H13NO3/c1-14-7-8(10(12)13)6-9-4-2-3-5-11-9/h2-5,8H,6-7H2,1H3,(H,12,13). The fraction of sp³-hybridized carbons (Fsp3) is 0.400. The predicted octanol–water partition coefficient (Wildman–Crippen LogP) is 0.971. The molecule has 0 aliphatic carbocycles. The van der Waals surface area contributed by atoms with E-state index in [0.717, 1.165) is 5.69 Å². The molecule has 1 aromatic rings. The molecule has 0 aliphatic heterocycles. The largest absolute Gasteiger partial charge is 0.481 e. The van der Waals surface area contributed by atoms with Gasteiger partial charge in [0.2, 0.25) is 0 Å². The Morgan fingerprint density at radius 2 is 2.43 bits per heavy atom. The van der Waals surface area contributed by atoms with Crippen molar-refractivity contribution in [3.8, 4) is 0 Å². The van der Waals surface area contributed by atoms with Crippen LogP contribution in [0, 0.1) is 5.92 Å². The number of carbonyl (C=O) groups is 1. The Balaban J connectivity index is 2.60. The van der Waals surface area contributed by atoms with Crippen LogP contribution in [-0.4, -0.2) is 29.8 Å². The number of pyridine rings is 1. The van der Waals surface area contributed by atoms with Gasteiger partial charge in [0.05, 0.1) is 12.5 Å². The molecule has 1 unspecified atom stereocenters. The Bertz CT molecular complexity index is 287. The minimum absolute atomic E-state index is 0.214. The van der Waals surface area contributed by atoms with Gasteiger partial charge in [-0.25, -0.2) is 0 Å². The van der Waals surface area contributed by atoms with E-state index < -0.39 is 11.9 Å². The van der Waals surface area contributed by atoms with Crippen LogP contribution >= 0.6 is 0 Å². The SMILES string of the molecule is COCC(Cc1ccccn1)C(=O)O. The fourth-order valence-corrected chi connectivity index (χ4v) is 1.19. The van der Waals surface area contributed by atoms with Gasteiger partial charge in [0, 0.05) is 25.4 Å². The van der Waals surface area contributed by atoms with Crippen molar-refractivity contribution >= 4 is 5.97 Å². The number of hydrogen-bond acceptors (Lipinski definition) is 3. The summed E-state index contributed by atoms with van der Waals surface area (Å²) in [4.78, 5) is 14.9. The normalized spacial score (nSPS) is 12.4. The van der Waals surface area contributed by atoms with E-state index in [1.807, 2.05) is 12.1 Å². The molecule has 0 spiro atoms. The second-order valence-corrected chi connectivity index (χ2v) is 3.02. The summed E-state index contributed by atoms with van der Waals surface area (Å²) < 4.78 is 4.83. The van der Waals surface area contributed by atoms with Crippen LogP contribution in [0.15, 0.2) is 24.4 Å². The molecule has 1 rings (SSSR count). The number of aromatic nitrogens is 1. The Kier molecular flexibility index (Phi) is 4.07. The minimum atomic E-state index is -0.850. The minimum Gasteiger partial charge on any atom is -0.481 e. The number of methoxy groups -OCH3 is 1. The molecule has 0 bridgehead atoms. The first-order valence-corrected chi connectivity index (χ1v) is 4.35. The summed E-state index contributed by atoms with van der Waals surface area (Å²) in [7, 11) is 1.49. The lowest BCUT2D eigenvalue weighted by Crippen LogP contribution is -2.21. The second kappa shape index (κ2) is 5.34. The highest BCUT2D eigenvalue weighted by molar-refractivity contribution is 5.70. The Labute approximate surface area is 82.5 Å². The molecule has 1 aromatic heterocycles. The predicted molar refractivity (Wildman–Crippen MR) is 50.9 cm³/mol. The van der Waals surface area contributed by atoms with E-state index in [4.69, 9.17) is 9.84 Å². The number of carboxylic acids is 1. The number of carboxylic acid groups (broad SMARTS) is 1. The molecule has 0 amide bonds. The van der Waals surface area contributed by atoms with Crippen molar-refractivity contribution in [3.05, 3.63) is 30.1 Å². The summed E-state index contributed by atoms with van der Waals surface area (Å²) in [6, 6.07) is 5.45. The number of ether oxygens (including phenoxy) is 1. The van der Waals surface area contributed by atoms with Gasteiger partial charge in [0.15, 0.2) is 0 Å². The van der Waals surface area contributed by atoms with Crippen LogP contribution in [-0.2, 0) is 16.0 Å². The quantitative estimate of drug-likeness (QED) is 0.760. The lowest BCUT2D eigenvalue weighted by molar-refractivity contribution is -0.143. The molecule has 0 aliphatic rings.